The molecule has 0 fully saturated rings. The lowest BCUT2D eigenvalue weighted by atomic mass is 9.79. The molecule has 10 rings (SSSR count). The van der Waals surface area contributed by atoms with Gasteiger partial charge in [-0.05, 0) is 157 Å². The molecular weight excluding hydrogens is 713 g/mol. The van der Waals surface area contributed by atoms with Gasteiger partial charge in [-0.3, -0.25) is 4.98 Å². The van der Waals surface area contributed by atoms with Crippen LogP contribution >= 0.6 is 0 Å². The minimum absolute atomic E-state index is 0.00451. The van der Waals surface area contributed by atoms with Crippen LogP contribution in [0.2, 0.25) is 0 Å². The molecule has 0 saturated heterocycles. The molecule has 1 aliphatic carbocycles. The largest absolute Gasteiger partial charge is 0.309 e. The lowest BCUT2D eigenvalue weighted by Crippen LogP contribution is -2.17. The van der Waals surface area contributed by atoms with Crippen molar-refractivity contribution < 1.29 is 0 Å². The van der Waals surface area contributed by atoms with E-state index in [-0.39, 0.29) is 21.7 Å². The van der Waals surface area contributed by atoms with Gasteiger partial charge in [-0.1, -0.05) is 125 Å². The van der Waals surface area contributed by atoms with Gasteiger partial charge in [-0.15, -0.1) is 0 Å². The molecule has 0 atom stereocenters. The van der Waals surface area contributed by atoms with E-state index in [1.807, 2.05) is 0 Å². The topological polar surface area (TPSA) is 17.8 Å². The number of aryl methyl sites for hydroxylation is 3. The number of fused-ring (bicyclic) bond motifs is 8. The number of nitrogens with zero attached hydrogens (tertiary/aromatic N) is 2. The molecule has 0 aliphatic heterocycles. The van der Waals surface area contributed by atoms with Crippen molar-refractivity contribution in [2.75, 3.05) is 0 Å². The molecule has 2 heterocycles. The zero-order valence-electron chi connectivity index (χ0n) is 37.6. The molecule has 9 aromatic rings. The number of rotatable bonds is 2. The molecule has 0 amide bonds. The van der Waals surface area contributed by atoms with Crippen LogP contribution in [-0.4, -0.2) is 9.55 Å². The molecule has 1 aliphatic rings. The van der Waals surface area contributed by atoms with Gasteiger partial charge >= 0.3 is 0 Å². The van der Waals surface area contributed by atoms with Crippen molar-refractivity contribution in [1.29, 1.82) is 0 Å². The van der Waals surface area contributed by atoms with E-state index in [0.29, 0.717) is 0 Å². The molecule has 0 saturated carbocycles. The van der Waals surface area contributed by atoms with E-state index in [1.165, 1.54) is 115 Å². The number of hydrogen-bond acceptors (Lipinski definition) is 1. The predicted molar refractivity (Wildman–Crippen MR) is 256 cm³/mol. The highest BCUT2D eigenvalue weighted by Gasteiger charge is 2.39. The quantitative estimate of drug-likeness (QED) is 0.160. The van der Waals surface area contributed by atoms with Crippen LogP contribution in [0.1, 0.15) is 121 Å². The van der Waals surface area contributed by atoms with Crippen molar-refractivity contribution in [2.45, 2.75) is 119 Å². The van der Waals surface area contributed by atoms with Gasteiger partial charge in [-0.2, -0.15) is 0 Å². The van der Waals surface area contributed by atoms with Gasteiger partial charge in [0.05, 0.1) is 16.7 Å². The zero-order chi connectivity index (χ0) is 41.9. The van der Waals surface area contributed by atoms with Gasteiger partial charge in [0.15, 0.2) is 0 Å². The summed E-state index contributed by atoms with van der Waals surface area (Å²) in [4.78, 5) is 5.27. The first-order chi connectivity index (χ1) is 27.6. The molecule has 2 aromatic heterocycles. The molecule has 0 unspecified atom stereocenters. The molecule has 2 heteroatoms. The SMILES string of the molecule is Cc1ccc2c(n1)-c1c(cc3cc(-c4c(C)cccc4C)c4cc5c6cc(C(C)(C)C)ccc6n(-c6cc(C(C)(C)C)cc(C(C)(C)C)c6)c5c5ccc1c3c45)C2(C)C. The van der Waals surface area contributed by atoms with Crippen LogP contribution in [-0.2, 0) is 21.7 Å². The number of pyridine rings is 1. The van der Waals surface area contributed by atoms with Crippen LogP contribution in [0.15, 0.2) is 97.1 Å². The van der Waals surface area contributed by atoms with Crippen molar-refractivity contribution in [3.05, 3.63) is 142 Å². The predicted octanol–water partition coefficient (Wildman–Crippen LogP) is 15.9. The monoisotopic (exact) mass is 770 g/mol. The van der Waals surface area contributed by atoms with Crippen molar-refractivity contribution in [2.24, 2.45) is 0 Å². The van der Waals surface area contributed by atoms with Gasteiger partial charge in [0.1, 0.15) is 0 Å². The second-order valence-corrected chi connectivity index (χ2v) is 21.5. The first kappa shape index (κ1) is 37.8. The average molecular weight is 771 g/mol. The number of aromatic nitrogens is 2. The Kier molecular flexibility index (Phi) is 7.72. The Morgan fingerprint density at radius 2 is 1.15 bits per heavy atom. The van der Waals surface area contributed by atoms with E-state index >= 15 is 0 Å². The standard InChI is InChI=1S/C57H58N2/c1-31-16-15-17-32(2)48(31)42-24-34-25-46-51(52-45(57(46,13)14)22-18-33(3)58-52)39-20-21-40-50(49(34)39)43(42)30-44-41-29-35(54(4,5)6)19-23-47(41)59(53(40)44)38-27-36(55(7,8)9)26-37(28-38)56(10,11)12/h15-30H,1-14H3. The lowest BCUT2D eigenvalue weighted by Gasteiger charge is -2.27. The van der Waals surface area contributed by atoms with Gasteiger partial charge in [0.2, 0.25) is 0 Å². The maximum Gasteiger partial charge on any atom is 0.0755 e. The maximum absolute atomic E-state index is 5.27. The number of hydrogen-bond donors (Lipinski definition) is 0. The highest BCUT2D eigenvalue weighted by molar-refractivity contribution is 6.35. The van der Waals surface area contributed by atoms with E-state index in [9.17, 15) is 0 Å². The third kappa shape index (κ3) is 5.40. The fourth-order valence-electron chi connectivity index (χ4n) is 10.5. The highest BCUT2D eigenvalue weighted by Crippen LogP contribution is 2.55. The fraction of sp³-hybridized carbons (Fsp3) is 0.316. The van der Waals surface area contributed by atoms with Gasteiger partial charge in [0, 0.05) is 43.9 Å². The van der Waals surface area contributed by atoms with Crippen molar-refractivity contribution >= 4 is 54.1 Å². The van der Waals surface area contributed by atoms with E-state index in [0.717, 1.165) is 11.4 Å². The zero-order valence-corrected chi connectivity index (χ0v) is 37.6. The Morgan fingerprint density at radius 3 is 1.80 bits per heavy atom. The Labute approximate surface area is 350 Å². The summed E-state index contributed by atoms with van der Waals surface area (Å²) in [6.45, 7) is 32.5. The Morgan fingerprint density at radius 1 is 0.508 bits per heavy atom. The summed E-state index contributed by atoms with van der Waals surface area (Å²) in [6.07, 6.45) is 0. The minimum atomic E-state index is -0.165. The second-order valence-electron chi connectivity index (χ2n) is 21.5. The summed E-state index contributed by atoms with van der Waals surface area (Å²) in [7, 11) is 0. The van der Waals surface area contributed by atoms with Crippen molar-refractivity contribution in [3.63, 3.8) is 0 Å². The summed E-state index contributed by atoms with van der Waals surface area (Å²) >= 11 is 0. The number of benzene rings is 7. The smallest absolute Gasteiger partial charge is 0.0755 e. The summed E-state index contributed by atoms with van der Waals surface area (Å²) in [5, 5.41) is 10.5. The average Bonchev–Trinajstić information content (AvgIpc) is 3.60. The van der Waals surface area contributed by atoms with E-state index < -0.39 is 0 Å². The van der Waals surface area contributed by atoms with Crippen LogP contribution in [0.5, 0.6) is 0 Å². The highest BCUT2D eigenvalue weighted by atomic mass is 15.0. The molecule has 296 valence electrons. The molecule has 0 bridgehead atoms. The first-order valence-electron chi connectivity index (χ1n) is 21.6. The van der Waals surface area contributed by atoms with Gasteiger partial charge in [0.25, 0.3) is 0 Å². The van der Waals surface area contributed by atoms with Crippen LogP contribution in [0.3, 0.4) is 0 Å². The van der Waals surface area contributed by atoms with Crippen LogP contribution in [0, 0.1) is 20.8 Å². The lowest BCUT2D eigenvalue weighted by molar-refractivity contribution is 0.568. The summed E-state index contributed by atoms with van der Waals surface area (Å²) in [5.41, 5.74) is 19.1. The Bertz CT molecular complexity index is 3200. The second kappa shape index (κ2) is 12.1. The third-order valence-electron chi connectivity index (χ3n) is 13.9. The van der Waals surface area contributed by atoms with E-state index in [1.54, 1.807) is 0 Å². The van der Waals surface area contributed by atoms with E-state index in [2.05, 4.69) is 199 Å². The normalized spacial score (nSPS) is 14.4. The summed E-state index contributed by atoms with van der Waals surface area (Å²) < 4.78 is 2.61. The van der Waals surface area contributed by atoms with Crippen LogP contribution < -0.4 is 0 Å². The molecule has 2 nitrogen and oxygen atoms in total. The van der Waals surface area contributed by atoms with Crippen molar-refractivity contribution in [3.8, 4) is 28.1 Å². The maximum atomic E-state index is 5.27. The first-order valence-corrected chi connectivity index (χ1v) is 21.6. The molecule has 0 N–H and O–H groups in total. The molecule has 59 heavy (non-hydrogen) atoms. The van der Waals surface area contributed by atoms with Gasteiger partial charge < -0.3 is 4.57 Å². The molecule has 7 aromatic carbocycles. The fourth-order valence-corrected chi connectivity index (χ4v) is 10.5. The molecular formula is C57H58N2. The van der Waals surface area contributed by atoms with E-state index in [4.69, 9.17) is 4.98 Å². The minimum Gasteiger partial charge on any atom is -0.309 e. The van der Waals surface area contributed by atoms with Gasteiger partial charge in [-0.25, -0.2) is 0 Å². The molecule has 0 radical (unpaired) electrons. The third-order valence-corrected chi connectivity index (χ3v) is 13.9. The molecule has 0 spiro atoms. The van der Waals surface area contributed by atoms with Crippen molar-refractivity contribution in [1.82, 2.24) is 9.55 Å². The van der Waals surface area contributed by atoms with Crippen LogP contribution in [0.25, 0.3) is 82.2 Å². The Hall–Kier alpha value is -5.47. The Balaban J connectivity index is 1.46. The summed E-state index contributed by atoms with van der Waals surface area (Å²) in [6, 6.07) is 38.4. The summed E-state index contributed by atoms with van der Waals surface area (Å²) in [5.74, 6) is 0. The van der Waals surface area contributed by atoms with Crippen LogP contribution in [0.4, 0.5) is 0 Å².